The van der Waals surface area contributed by atoms with Crippen molar-refractivity contribution in [1.82, 2.24) is 10.3 Å². The average molecular weight is 598 g/mol. The Morgan fingerprint density at radius 1 is 1.02 bits per heavy atom. The third kappa shape index (κ3) is 9.47. The summed E-state index contributed by atoms with van der Waals surface area (Å²) in [6.07, 6.45) is 6.94. The van der Waals surface area contributed by atoms with Gasteiger partial charge in [0.05, 0.1) is 25.5 Å². The van der Waals surface area contributed by atoms with Crippen LogP contribution in [0.3, 0.4) is 0 Å². The second kappa shape index (κ2) is 15.8. The van der Waals surface area contributed by atoms with Gasteiger partial charge in [-0.25, -0.2) is 9.37 Å². The fourth-order valence-corrected chi connectivity index (χ4v) is 4.79. The molecule has 44 heavy (non-hydrogen) atoms. The third-order valence-electron chi connectivity index (χ3n) is 7.43. The number of benzene rings is 3. The molecule has 0 radical (unpaired) electrons. The number of pyridine rings is 1. The normalized spacial score (nSPS) is 11.5. The van der Waals surface area contributed by atoms with E-state index >= 15 is 0 Å². The van der Waals surface area contributed by atoms with E-state index in [-0.39, 0.29) is 17.1 Å². The maximum absolute atomic E-state index is 13.4. The van der Waals surface area contributed by atoms with Crippen molar-refractivity contribution in [3.05, 3.63) is 108 Å². The zero-order valence-corrected chi connectivity index (χ0v) is 26.0. The lowest BCUT2D eigenvalue weighted by molar-refractivity contribution is -0.580. The minimum absolute atomic E-state index is 0.0719. The molecule has 0 spiro atoms. The van der Waals surface area contributed by atoms with Crippen LogP contribution in [0.25, 0.3) is 11.1 Å². The molecule has 230 valence electrons. The second-order valence-corrected chi connectivity index (χ2v) is 11.5. The molecule has 0 atom stereocenters. The molecule has 1 amide bonds. The Kier molecular flexibility index (Phi) is 11.6. The quantitative estimate of drug-likeness (QED) is 0.0691. The Morgan fingerprint density at radius 3 is 2.48 bits per heavy atom. The van der Waals surface area contributed by atoms with Crippen LogP contribution in [0.1, 0.15) is 61.5 Å². The summed E-state index contributed by atoms with van der Waals surface area (Å²) in [6.45, 7) is 7.54. The van der Waals surface area contributed by atoms with E-state index in [2.05, 4.69) is 42.2 Å². The van der Waals surface area contributed by atoms with Gasteiger partial charge in [-0.05, 0) is 72.1 Å². The highest BCUT2D eigenvalue weighted by Gasteiger charge is 2.20. The minimum atomic E-state index is -0.267. The molecule has 3 N–H and O–H groups in total. The van der Waals surface area contributed by atoms with E-state index < -0.39 is 0 Å². The molecular formula is C36H42FN4O3+. The summed E-state index contributed by atoms with van der Waals surface area (Å²) in [5.74, 6) is 1.78. The summed E-state index contributed by atoms with van der Waals surface area (Å²) in [5.41, 5.74) is 6.02. The number of aromatic nitrogens is 1. The molecule has 1 aromatic heterocycles. The smallest absolute Gasteiger partial charge is 0.252 e. The van der Waals surface area contributed by atoms with Gasteiger partial charge in [-0.1, -0.05) is 68.3 Å². The number of nitrogens with two attached hydrogens (primary N) is 1. The molecule has 0 saturated heterocycles. The summed E-state index contributed by atoms with van der Waals surface area (Å²) in [5, 5.41) is 7.36. The largest absolute Gasteiger partial charge is 0.496 e. The van der Waals surface area contributed by atoms with Crippen molar-refractivity contribution in [1.29, 1.82) is 0 Å². The molecule has 0 saturated carbocycles. The Hall–Kier alpha value is -4.56. The first-order valence-corrected chi connectivity index (χ1v) is 15.0. The highest BCUT2D eigenvalue weighted by atomic mass is 19.1. The monoisotopic (exact) mass is 597 g/mol. The Bertz CT molecular complexity index is 1520. The van der Waals surface area contributed by atoms with Crippen LogP contribution in [0.5, 0.6) is 11.5 Å². The van der Waals surface area contributed by atoms with Gasteiger partial charge in [0.25, 0.3) is 11.7 Å². The molecule has 7 nitrogen and oxygen atoms in total. The predicted molar refractivity (Wildman–Crippen MR) is 173 cm³/mol. The average Bonchev–Trinajstić information content (AvgIpc) is 3.04. The van der Waals surface area contributed by atoms with Crippen molar-refractivity contribution >= 4 is 17.9 Å². The van der Waals surface area contributed by atoms with E-state index in [0.717, 1.165) is 53.7 Å². The zero-order valence-electron chi connectivity index (χ0n) is 26.0. The van der Waals surface area contributed by atoms with E-state index in [1.165, 1.54) is 12.1 Å². The first kappa shape index (κ1) is 32.4. The van der Waals surface area contributed by atoms with E-state index in [1.807, 2.05) is 36.4 Å². The van der Waals surface area contributed by atoms with Crippen molar-refractivity contribution in [2.24, 2.45) is 10.5 Å². The van der Waals surface area contributed by atoms with Gasteiger partial charge in [0, 0.05) is 30.4 Å². The van der Waals surface area contributed by atoms with Crippen LogP contribution < -0.4 is 20.2 Å². The second-order valence-electron chi connectivity index (χ2n) is 11.5. The van der Waals surface area contributed by atoms with Crippen LogP contribution in [0.4, 0.5) is 10.2 Å². The molecule has 8 heteroatoms. The minimum Gasteiger partial charge on any atom is -0.496 e. The number of aryl methyl sites for hydroxylation is 1. The molecule has 1 heterocycles. The number of hydrogen-bond donors (Lipinski definition) is 2. The summed E-state index contributed by atoms with van der Waals surface area (Å²) in [6, 6.07) is 23.8. The number of quaternary nitrogens is 1. The van der Waals surface area contributed by atoms with Crippen molar-refractivity contribution in [3.63, 3.8) is 0 Å². The van der Waals surface area contributed by atoms with Crippen LogP contribution in [0.2, 0.25) is 0 Å². The Balaban J connectivity index is 1.20. The highest BCUT2D eigenvalue weighted by molar-refractivity contribution is 5.94. The number of ether oxygens (including phenoxy) is 2. The van der Waals surface area contributed by atoms with Gasteiger partial charge < -0.3 is 14.8 Å². The number of halogens is 1. The highest BCUT2D eigenvalue weighted by Crippen LogP contribution is 2.36. The molecule has 0 aliphatic heterocycles. The van der Waals surface area contributed by atoms with Crippen LogP contribution in [-0.2, 0) is 6.42 Å². The van der Waals surface area contributed by atoms with Gasteiger partial charge >= 0.3 is 0 Å². The number of nitrogens with one attached hydrogen (secondary N) is 1. The number of unbranched alkanes of at least 4 members (excludes halogenated alkanes) is 1. The van der Waals surface area contributed by atoms with E-state index in [0.29, 0.717) is 30.3 Å². The lowest BCUT2D eigenvalue weighted by atomic mass is 9.87. The first-order valence-electron chi connectivity index (χ1n) is 15.0. The predicted octanol–water partition coefficient (Wildman–Crippen LogP) is 6.69. The van der Waals surface area contributed by atoms with Crippen molar-refractivity contribution < 1.29 is 24.1 Å². The number of amides is 1. The lowest BCUT2D eigenvalue weighted by Crippen LogP contribution is -2.71. The van der Waals surface area contributed by atoms with Gasteiger partial charge in [-0.3, -0.25) is 4.79 Å². The lowest BCUT2D eigenvalue weighted by Gasteiger charge is -2.25. The standard InChI is InChI=1S/C36H41FN4O3/c1-5-27-21-31(28-13-16-30(37)17-14-28)33(43-4)22-32(27)44-20-10-9-19-36(2,3)25-39-35(42)29-15-18-34(38-24-29)41-40-23-26-11-7-6-8-12-26/h6-8,11-18,21-24H,5,9-10,19-20,25H2,1-4H3,(H,38,41)(H,39,42)/p+1/b40-23+. The SMILES string of the molecule is CCc1cc(-c2ccc(F)cc2)c(OC)cc1OCCCCC(C)(C)CNC(=O)c1ccc([NH2+]/N=C/c2ccccc2)nc1. The molecule has 0 aliphatic carbocycles. The Labute approximate surface area is 259 Å². The van der Waals surface area contributed by atoms with E-state index in [9.17, 15) is 9.18 Å². The van der Waals surface area contributed by atoms with E-state index in [4.69, 9.17) is 9.47 Å². The first-order chi connectivity index (χ1) is 21.3. The molecule has 0 bridgehead atoms. The molecule has 0 fully saturated rings. The van der Waals surface area contributed by atoms with Crippen LogP contribution >= 0.6 is 0 Å². The van der Waals surface area contributed by atoms with Gasteiger partial charge in [0.1, 0.15) is 17.3 Å². The zero-order chi connectivity index (χ0) is 31.4. The maximum atomic E-state index is 13.4. The fourth-order valence-electron chi connectivity index (χ4n) is 4.79. The molecular weight excluding hydrogens is 555 g/mol. The van der Waals surface area contributed by atoms with Crippen molar-refractivity contribution in [2.45, 2.75) is 46.5 Å². The number of hydrogen-bond acceptors (Lipinski definition) is 5. The fraction of sp³-hybridized carbons (Fsp3) is 0.306. The number of carbonyl (C=O) groups is 1. The van der Waals surface area contributed by atoms with Gasteiger partial charge in [-0.15, -0.1) is 0 Å². The number of methoxy groups -OCH3 is 1. The molecule has 4 aromatic rings. The molecule has 4 rings (SSSR count). The topological polar surface area (TPSA) is 89.4 Å². The van der Waals surface area contributed by atoms with Gasteiger partial charge in [0.2, 0.25) is 0 Å². The number of carbonyl (C=O) groups excluding carboxylic acids is 1. The number of rotatable bonds is 15. The van der Waals surface area contributed by atoms with Gasteiger partial charge in [-0.2, -0.15) is 5.43 Å². The van der Waals surface area contributed by atoms with E-state index in [1.54, 1.807) is 49.2 Å². The number of nitrogens with zero attached hydrogens (tertiary/aromatic N) is 2. The third-order valence-corrected chi connectivity index (χ3v) is 7.43. The Morgan fingerprint density at radius 2 is 1.80 bits per heavy atom. The van der Waals surface area contributed by atoms with Crippen molar-refractivity contribution in [3.8, 4) is 22.6 Å². The molecule has 3 aromatic carbocycles. The molecule has 0 unspecified atom stereocenters. The van der Waals surface area contributed by atoms with Crippen LogP contribution in [0, 0.1) is 11.2 Å². The van der Waals surface area contributed by atoms with Crippen molar-refractivity contribution in [2.75, 3.05) is 20.3 Å². The summed E-state index contributed by atoms with van der Waals surface area (Å²) in [7, 11) is 1.63. The summed E-state index contributed by atoms with van der Waals surface area (Å²) >= 11 is 0. The maximum Gasteiger partial charge on any atom is 0.252 e. The molecule has 0 aliphatic rings. The van der Waals surface area contributed by atoms with Gasteiger partial charge in [0.15, 0.2) is 0 Å². The van der Waals surface area contributed by atoms with Crippen LogP contribution in [0.15, 0.2) is 90.2 Å². The summed E-state index contributed by atoms with van der Waals surface area (Å²) < 4.78 is 25.2. The van der Waals surface area contributed by atoms with Crippen LogP contribution in [-0.4, -0.2) is 37.4 Å². The summed E-state index contributed by atoms with van der Waals surface area (Å²) in [4.78, 5) is 17.1.